The molecule has 0 saturated heterocycles. The minimum absolute atomic E-state index is 0.824. The third-order valence-electron chi connectivity index (χ3n) is 8.49. The van der Waals surface area contributed by atoms with Crippen molar-refractivity contribution < 1.29 is 4.74 Å². The zero-order valence-corrected chi connectivity index (χ0v) is 21.3. The number of aryl methyl sites for hydroxylation is 1. The predicted octanol–water partition coefficient (Wildman–Crippen LogP) is 9.17. The number of aromatic nitrogens is 1. The molecule has 0 unspecified atom stereocenters. The molecule has 182 valence electrons. The third kappa shape index (κ3) is 9.44. The maximum atomic E-state index is 5.83. The lowest BCUT2D eigenvalue weighted by Crippen LogP contribution is -2.18. The summed E-state index contributed by atoms with van der Waals surface area (Å²) in [5, 5.41) is 0. The van der Waals surface area contributed by atoms with Crippen LogP contribution < -0.4 is 4.74 Å². The highest BCUT2D eigenvalue weighted by Crippen LogP contribution is 2.38. The van der Waals surface area contributed by atoms with Crippen molar-refractivity contribution in [3.05, 3.63) is 24.0 Å². The Labute approximate surface area is 199 Å². The molecule has 3 rings (SSSR count). The molecule has 32 heavy (non-hydrogen) atoms. The standard InChI is InChI=1S/C30H51NO/c1-3-5-6-7-23-32-30-22-21-29(31-24-30)20-19-28-17-15-27(16-18-28)14-13-26-11-9-25(8-4-2)10-12-26/h21-22,24-28H,3-20,23H2,1-2H3/t25-,26-,27?,28?. The van der Waals surface area contributed by atoms with Gasteiger partial charge in [-0.05, 0) is 55.1 Å². The topological polar surface area (TPSA) is 22.1 Å². The Balaban J connectivity index is 1.24. The van der Waals surface area contributed by atoms with Crippen molar-refractivity contribution >= 4 is 0 Å². The molecule has 2 fully saturated rings. The van der Waals surface area contributed by atoms with E-state index in [0.717, 1.165) is 48.9 Å². The van der Waals surface area contributed by atoms with E-state index in [1.807, 2.05) is 6.20 Å². The summed E-state index contributed by atoms with van der Waals surface area (Å²) in [6.07, 6.45) is 27.2. The van der Waals surface area contributed by atoms with Crippen molar-refractivity contribution in [3.8, 4) is 5.75 Å². The van der Waals surface area contributed by atoms with Crippen molar-refractivity contribution in [1.29, 1.82) is 0 Å². The molecule has 0 amide bonds. The van der Waals surface area contributed by atoms with Crippen LogP contribution in [0.25, 0.3) is 0 Å². The van der Waals surface area contributed by atoms with E-state index in [2.05, 4.69) is 31.0 Å². The van der Waals surface area contributed by atoms with E-state index in [0.29, 0.717) is 0 Å². The first kappa shape index (κ1) is 25.6. The average molecular weight is 442 g/mol. The highest BCUT2D eigenvalue weighted by Gasteiger charge is 2.24. The zero-order chi connectivity index (χ0) is 22.4. The lowest BCUT2D eigenvalue weighted by Gasteiger charge is -2.32. The normalized spacial score (nSPS) is 26.2. The fraction of sp³-hybridized carbons (Fsp3) is 0.833. The highest BCUT2D eigenvalue weighted by atomic mass is 16.5. The second-order valence-electron chi connectivity index (χ2n) is 11.1. The summed E-state index contributed by atoms with van der Waals surface area (Å²) in [7, 11) is 0. The smallest absolute Gasteiger partial charge is 0.137 e. The van der Waals surface area contributed by atoms with E-state index >= 15 is 0 Å². The Morgan fingerprint density at radius 3 is 1.81 bits per heavy atom. The Hall–Kier alpha value is -1.05. The molecule has 0 bridgehead atoms. The van der Waals surface area contributed by atoms with Crippen molar-refractivity contribution in [3.63, 3.8) is 0 Å². The summed E-state index contributed by atoms with van der Waals surface area (Å²) in [6, 6.07) is 4.30. The number of nitrogens with zero attached hydrogens (tertiary/aromatic N) is 1. The molecule has 0 N–H and O–H groups in total. The molecule has 2 nitrogen and oxygen atoms in total. The SMILES string of the molecule is CCCCCCOc1ccc(CCC2CCC(CC[C@H]3CC[C@H](CCC)CC3)CC2)nc1. The van der Waals surface area contributed by atoms with Crippen LogP contribution in [0.1, 0.15) is 129 Å². The van der Waals surface area contributed by atoms with Crippen LogP contribution >= 0.6 is 0 Å². The minimum atomic E-state index is 0.824. The van der Waals surface area contributed by atoms with Gasteiger partial charge in [0.2, 0.25) is 0 Å². The van der Waals surface area contributed by atoms with E-state index in [4.69, 9.17) is 4.74 Å². The lowest BCUT2D eigenvalue weighted by atomic mass is 9.74. The largest absolute Gasteiger partial charge is 0.492 e. The molecule has 2 saturated carbocycles. The minimum Gasteiger partial charge on any atom is -0.492 e. The quantitative estimate of drug-likeness (QED) is 0.268. The van der Waals surface area contributed by atoms with Crippen LogP contribution in [-0.2, 0) is 6.42 Å². The Morgan fingerprint density at radius 1 is 0.688 bits per heavy atom. The van der Waals surface area contributed by atoms with Crippen LogP contribution in [-0.4, -0.2) is 11.6 Å². The van der Waals surface area contributed by atoms with Gasteiger partial charge in [0, 0.05) is 5.69 Å². The fourth-order valence-corrected chi connectivity index (χ4v) is 6.21. The van der Waals surface area contributed by atoms with Crippen LogP contribution in [0.2, 0.25) is 0 Å². The molecule has 0 radical (unpaired) electrons. The third-order valence-corrected chi connectivity index (χ3v) is 8.49. The van der Waals surface area contributed by atoms with E-state index in [1.54, 1.807) is 0 Å². The number of pyridine rings is 1. The molecule has 0 aromatic carbocycles. The first-order chi connectivity index (χ1) is 15.8. The van der Waals surface area contributed by atoms with Gasteiger partial charge in [0.1, 0.15) is 5.75 Å². The molecular formula is C30H51NO. The Kier molecular flexibility index (Phi) is 12.0. The van der Waals surface area contributed by atoms with Gasteiger partial charge in [-0.3, -0.25) is 4.98 Å². The first-order valence-corrected chi connectivity index (χ1v) is 14.3. The van der Waals surface area contributed by atoms with Crippen LogP contribution in [0.4, 0.5) is 0 Å². The summed E-state index contributed by atoms with van der Waals surface area (Å²) in [5.41, 5.74) is 1.24. The van der Waals surface area contributed by atoms with Gasteiger partial charge in [-0.1, -0.05) is 110 Å². The van der Waals surface area contributed by atoms with Gasteiger partial charge in [0.25, 0.3) is 0 Å². The van der Waals surface area contributed by atoms with Gasteiger partial charge in [-0.2, -0.15) is 0 Å². The van der Waals surface area contributed by atoms with Crippen LogP contribution in [0.5, 0.6) is 5.75 Å². The Bertz CT molecular complexity index is 581. The molecule has 2 aliphatic carbocycles. The van der Waals surface area contributed by atoms with Crippen molar-refractivity contribution in [1.82, 2.24) is 4.98 Å². The van der Waals surface area contributed by atoms with Crippen molar-refractivity contribution in [2.24, 2.45) is 23.7 Å². The first-order valence-electron chi connectivity index (χ1n) is 14.3. The van der Waals surface area contributed by atoms with E-state index in [-0.39, 0.29) is 0 Å². The van der Waals surface area contributed by atoms with Gasteiger partial charge < -0.3 is 4.74 Å². The lowest BCUT2D eigenvalue weighted by molar-refractivity contribution is 0.209. The Morgan fingerprint density at radius 2 is 1.28 bits per heavy atom. The highest BCUT2D eigenvalue weighted by molar-refractivity contribution is 5.19. The van der Waals surface area contributed by atoms with Gasteiger partial charge in [0.15, 0.2) is 0 Å². The van der Waals surface area contributed by atoms with Gasteiger partial charge in [-0.25, -0.2) is 0 Å². The molecule has 2 heteroatoms. The van der Waals surface area contributed by atoms with E-state index < -0.39 is 0 Å². The maximum Gasteiger partial charge on any atom is 0.137 e. The number of unbranched alkanes of at least 4 members (excludes halogenated alkanes) is 3. The van der Waals surface area contributed by atoms with Crippen LogP contribution in [0.3, 0.4) is 0 Å². The maximum absolute atomic E-state index is 5.83. The molecular weight excluding hydrogens is 390 g/mol. The number of rotatable bonds is 14. The summed E-state index contributed by atoms with van der Waals surface area (Å²) in [5.74, 6) is 4.98. The number of ether oxygens (including phenoxy) is 1. The van der Waals surface area contributed by atoms with Crippen molar-refractivity contribution in [2.75, 3.05) is 6.61 Å². The molecule has 0 atom stereocenters. The number of hydrogen-bond acceptors (Lipinski definition) is 2. The second kappa shape index (κ2) is 15.0. The van der Waals surface area contributed by atoms with Gasteiger partial charge >= 0.3 is 0 Å². The summed E-state index contributed by atoms with van der Waals surface area (Å²) in [4.78, 5) is 4.67. The monoisotopic (exact) mass is 441 g/mol. The van der Waals surface area contributed by atoms with Gasteiger partial charge in [0.05, 0.1) is 12.8 Å². The van der Waals surface area contributed by atoms with Gasteiger partial charge in [-0.15, -0.1) is 0 Å². The van der Waals surface area contributed by atoms with E-state index in [1.165, 1.54) is 108 Å². The second-order valence-corrected chi connectivity index (χ2v) is 11.1. The summed E-state index contributed by atoms with van der Waals surface area (Å²) >= 11 is 0. The predicted molar refractivity (Wildman–Crippen MR) is 137 cm³/mol. The molecule has 2 aliphatic rings. The van der Waals surface area contributed by atoms with E-state index in [9.17, 15) is 0 Å². The molecule has 1 aromatic rings. The molecule has 1 heterocycles. The van der Waals surface area contributed by atoms with Crippen LogP contribution in [0, 0.1) is 23.7 Å². The fourth-order valence-electron chi connectivity index (χ4n) is 6.21. The van der Waals surface area contributed by atoms with Crippen LogP contribution in [0.15, 0.2) is 18.3 Å². The average Bonchev–Trinajstić information content (AvgIpc) is 2.84. The van der Waals surface area contributed by atoms with Crippen molar-refractivity contribution in [2.45, 2.75) is 129 Å². The molecule has 1 aromatic heterocycles. The molecule has 0 aliphatic heterocycles. The summed E-state index contributed by atoms with van der Waals surface area (Å²) in [6.45, 7) is 5.42. The molecule has 0 spiro atoms. The summed E-state index contributed by atoms with van der Waals surface area (Å²) < 4.78 is 5.83. The number of hydrogen-bond donors (Lipinski definition) is 0. The zero-order valence-electron chi connectivity index (χ0n) is 21.3.